The zero-order chi connectivity index (χ0) is 42.0. The van der Waals surface area contributed by atoms with Gasteiger partial charge in [-0.1, -0.05) is 36.8 Å². The first kappa shape index (κ1) is 40.6. The van der Waals surface area contributed by atoms with Gasteiger partial charge in [0.2, 0.25) is 23.7 Å². The first-order valence-electron chi connectivity index (χ1n) is 22.1. The molecule has 6 heterocycles. The molecule has 3 aromatic heterocycles. The first-order valence-corrected chi connectivity index (χ1v) is 22.1. The summed E-state index contributed by atoms with van der Waals surface area (Å²) in [5.41, 5.74) is 4.25. The number of carbonyl (C=O) groups is 3. The number of aryl methyl sites for hydroxylation is 1. The summed E-state index contributed by atoms with van der Waals surface area (Å²) in [4.78, 5) is 64.0. The van der Waals surface area contributed by atoms with Crippen molar-refractivity contribution in [2.75, 3.05) is 38.0 Å². The second-order valence-corrected chi connectivity index (χ2v) is 17.5. The lowest BCUT2D eigenvalue weighted by Gasteiger charge is -2.38. The van der Waals surface area contributed by atoms with Crippen LogP contribution in [0.3, 0.4) is 0 Å². The van der Waals surface area contributed by atoms with Gasteiger partial charge >= 0.3 is 0 Å². The number of fused-ring (bicyclic) bond motifs is 1. The molecule has 1 aliphatic carbocycles. The standard InChI is InChI=1S/C47H54FN9O4/c1-54-40-28-32(11-12-37(40)44(53-54)38-13-14-41(58)51-45(38)60)31-18-22-55(23-19-31)21-15-30-16-24-56(25-17-30)46(61)34-7-4-8-35(26-34)50-47-49-29-39(48)43(52-47)33-6-5-9-36(27-33)57-20-3-2-10-42(57)59/h2-3,5-6,9-12,20,27-31,34-35,38H,4,7-8,13-19,21-26H2,1H3,(H,49,50,52)(H,51,58,60)/t34-,35+,38?/m1/s1. The van der Waals surface area contributed by atoms with Gasteiger partial charge in [0.05, 0.1) is 23.3 Å². The van der Waals surface area contributed by atoms with Crippen LogP contribution in [-0.2, 0) is 21.4 Å². The number of pyridine rings is 1. The lowest BCUT2D eigenvalue weighted by Crippen LogP contribution is -2.44. The molecule has 4 aliphatic rings. The molecule has 3 atom stereocenters. The van der Waals surface area contributed by atoms with Crippen LogP contribution in [0.2, 0.25) is 0 Å². The molecule has 2 N–H and O–H groups in total. The molecule has 9 rings (SSSR count). The van der Waals surface area contributed by atoms with E-state index in [1.165, 1.54) is 22.4 Å². The summed E-state index contributed by atoms with van der Waals surface area (Å²) in [5.74, 6) is 0.204. The Morgan fingerprint density at radius 2 is 1.75 bits per heavy atom. The molecule has 0 spiro atoms. The van der Waals surface area contributed by atoms with Crippen molar-refractivity contribution >= 4 is 34.6 Å². The fraction of sp³-hybridized carbons (Fsp3) is 0.468. The van der Waals surface area contributed by atoms with Crippen LogP contribution in [0, 0.1) is 17.7 Å². The number of piperidine rings is 3. The maximum Gasteiger partial charge on any atom is 0.255 e. The third-order valence-electron chi connectivity index (χ3n) is 13.6. The number of anilines is 1. The highest BCUT2D eigenvalue weighted by Gasteiger charge is 2.34. The van der Waals surface area contributed by atoms with Crippen molar-refractivity contribution in [3.8, 4) is 16.9 Å². The van der Waals surface area contributed by atoms with Crippen LogP contribution in [0.15, 0.2) is 77.9 Å². The number of rotatable bonds is 10. The Kier molecular flexibility index (Phi) is 11.8. The molecule has 1 saturated carbocycles. The van der Waals surface area contributed by atoms with E-state index in [2.05, 4.69) is 48.6 Å². The van der Waals surface area contributed by atoms with Crippen LogP contribution in [0.5, 0.6) is 0 Å². The molecular weight excluding hydrogens is 774 g/mol. The Hall–Kier alpha value is -5.76. The number of hydrogen-bond acceptors (Lipinski definition) is 9. The monoisotopic (exact) mass is 827 g/mol. The molecule has 2 aromatic carbocycles. The highest BCUT2D eigenvalue weighted by atomic mass is 19.1. The maximum absolute atomic E-state index is 15.1. The third-order valence-corrected chi connectivity index (χ3v) is 13.6. The number of aromatic nitrogens is 5. The first-order chi connectivity index (χ1) is 29.7. The van der Waals surface area contributed by atoms with Gasteiger partial charge < -0.3 is 15.1 Å². The zero-order valence-corrected chi connectivity index (χ0v) is 34.8. The van der Waals surface area contributed by atoms with E-state index >= 15 is 4.39 Å². The minimum absolute atomic E-state index is 0.00724. The Bertz CT molecular complexity index is 2490. The number of halogens is 1. The van der Waals surface area contributed by atoms with Crippen molar-refractivity contribution in [2.24, 2.45) is 18.9 Å². The summed E-state index contributed by atoms with van der Waals surface area (Å²) in [7, 11) is 1.93. The largest absolute Gasteiger partial charge is 0.351 e. The van der Waals surface area contributed by atoms with Crippen LogP contribution in [0.25, 0.3) is 27.8 Å². The summed E-state index contributed by atoms with van der Waals surface area (Å²) >= 11 is 0. The number of amides is 3. The lowest BCUT2D eigenvalue weighted by molar-refractivity contribution is -0.138. The molecule has 14 heteroatoms. The van der Waals surface area contributed by atoms with E-state index in [1.54, 1.807) is 42.6 Å². The van der Waals surface area contributed by atoms with Gasteiger partial charge in [-0.15, -0.1) is 0 Å². The minimum Gasteiger partial charge on any atom is -0.351 e. The van der Waals surface area contributed by atoms with Gasteiger partial charge in [-0.2, -0.15) is 5.10 Å². The van der Waals surface area contributed by atoms with Gasteiger partial charge in [0.15, 0.2) is 5.82 Å². The van der Waals surface area contributed by atoms with E-state index in [4.69, 9.17) is 5.10 Å². The molecule has 3 aliphatic heterocycles. The van der Waals surface area contributed by atoms with Gasteiger partial charge in [-0.05, 0) is 119 Å². The summed E-state index contributed by atoms with van der Waals surface area (Å²) < 4.78 is 18.5. The second kappa shape index (κ2) is 17.7. The minimum atomic E-state index is -0.548. The van der Waals surface area contributed by atoms with Crippen LogP contribution in [0.4, 0.5) is 10.3 Å². The predicted molar refractivity (Wildman–Crippen MR) is 231 cm³/mol. The second-order valence-electron chi connectivity index (χ2n) is 17.5. The number of nitrogens with one attached hydrogen (secondary N) is 2. The Morgan fingerprint density at radius 1 is 0.918 bits per heavy atom. The van der Waals surface area contributed by atoms with Gasteiger partial charge in [0, 0.05) is 67.4 Å². The Balaban J connectivity index is 0.728. The molecule has 0 bridgehead atoms. The highest BCUT2D eigenvalue weighted by molar-refractivity contribution is 6.02. The Labute approximate surface area is 354 Å². The fourth-order valence-corrected chi connectivity index (χ4v) is 10.1. The quantitative estimate of drug-likeness (QED) is 0.155. The molecule has 3 amide bonds. The van der Waals surface area contributed by atoms with Crippen molar-refractivity contribution in [3.05, 3.63) is 100 Å². The summed E-state index contributed by atoms with van der Waals surface area (Å²) in [6.45, 7) is 4.83. The van der Waals surface area contributed by atoms with Crippen LogP contribution in [-0.4, -0.2) is 90.6 Å². The van der Waals surface area contributed by atoms with E-state index in [9.17, 15) is 19.2 Å². The van der Waals surface area contributed by atoms with E-state index in [0.29, 0.717) is 48.3 Å². The molecular formula is C47H54FN9O4. The normalized spacial score (nSPS) is 22.1. The van der Waals surface area contributed by atoms with E-state index < -0.39 is 11.7 Å². The average Bonchev–Trinajstić information content (AvgIpc) is 3.61. The zero-order valence-electron chi connectivity index (χ0n) is 34.8. The van der Waals surface area contributed by atoms with Crippen LogP contribution >= 0.6 is 0 Å². The third kappa shape index (κ3) is 8.86. The summed E-state index contributed by atoms with van der Waals surface area (Å²) in [6.07, 6.45) is 12.5. The molecule has 13 nitrogen and oxygen atoms in total. The van der Waals surface area contributed by atoms with Gasteiger partial charge in [0.25, 0.3) is 5.56 Å². The average molecular weight is 828 g/mol. The number of hydrogen-bond donors (Lipinski definition) is 2. The lowest BCUT2D eigenvalue weighted by atomic mass is 9.84. The summed E-state index contributed by atoms with van der Waals surface area (Å²) in [6, 6.07) is 18.6. The van der Waals surface area contributed by atoms with Crippen molar-refractivity contribution in [1.29, 1.82) is 0 Å². The number of benzene rings is 2. The summed E-state index contributed by atoms with van der Waals surface area (Å²) in [5, 5.41) is 11.6. The molecule has 318 valence electrons. The molecule has 5 aromatic rings. The smallest absolute Gasteiger partial charge is 0.255 e. The SMILES string of the molecule is Cn1nc(C2CCC(=O)NC2=O)c2ccc(C3CCN(CCC4CCN(C(=O)[C@@H]5CCC[C@H](Nc6ncc(F)c(-c7cccc(-n8ccccc8=O)c7)n6)C5)CC4)CC3)cc21. The maximum atomic E-state index is 15.1. The number of imide groups is 1. The van der Waals surface area contributed by atoms with Crippen LogP contribution in [0.1, 0.15) is 93.7 Å². The van der Waals surface area contributed by atoms with Gasteiger partial charge in [-0.3, -0.25) is 33.7 Å². The Morgan fingerprint density at radius 3 is 2.56 bits per heavy atom. The van der Waals surface area contributed by atoms with E-state index in [-0.39, 0.29) is 40.9 Å². The molecule has 61 heavy (non-hydrogen) atoms. The van der Waals surface area contributed by atoms with Crippen molar-refractivity contribution in [3.63, 3.8) is 0 Å². The van der Waals surface area contributed by atoms with Crippen LogP contribution < -0.4 is 16.2 Å². The van der Waals surface area contributed by atoms with Gasteiger partial charge in [0.1, 0.15) is 5.69 Å². The molecule has 3 saturated heterocycles. The topological polar surface area (TPSA) is 147 Å². The number of nitrogens with zero attached hydrogens (tertiary/aromatic N) is 7. The van der Waals surface area contributed by atoms with Crippen molar-refractivity contribution in [1.82, 2.24) is 39.4 Å². The molecule has 4 fully saturated rings. The highest BCUT2D eigenvalue weighted by Crippen LogP contribution is 2.36. The fourth-order valence-electron chi connectivity index (χ4n) is 10.1. The predicted octanol–water partition coefficient (Wildman–Crippen LogP) is 6.32. The van der Waals surface area contributed by atoms with Crippen molar-refractivity contribution in [2.45, 2.75) is 88.5 Å². The molecule has 0 radical (unpaired) electrons. The van der Waals surface area contributed by atoms with E-state index in [1.807, 2.05) is 11.7 Å². The molecule has 1 unspecified atom stereocenters. The van der Waals surface area contributed by atoms with Gasteiger partial charge in [-0.25, -0.2) is 14.4 Å². The number of likely N-dealkylation sites (tertiary alicyclic amines) is 2. The van der Waals surface area contributed by atoms with Crippen molar-refractivity contribution < 1.29 is 18.8 Å². The number of carbonyl (C=O) groups excluding carboxylic acids is 3. The van der Waals surface area contributed by atoms with E-state index in [0.717, 1.165) is 101 Å².